The molecule has 0 amide bonds. The number of methoxy groups -OCH3 is 2. The summed E-state index contributed by atoms with van der Waals surface area (Å²) in [5.74, 6) is -4.55. The second-order valence-electron chi connectivity index (χ2n) is 4.54. The summed E-state index contributed by atoms with van der Waals surface area (Å²) in [5, 5.41) is 10.6. The molecule has 0 aromatic heterocycles. The standard InChI is InChI=1S/C11H18FNO6/c1-7(2)5-8(6-13(16)17)11(12,9(14)18-3)10(15)19-4/h7-8H,5-6H2,1-4H3/t8-/m0/s1. The SMILES string of the molecule is COC(=O)C(F)(C(=O)OC)[C@@H](CC(C)C)C[N+](=O)[O-]. The number of esters is 2. The van der Waals surface area contributed by atoms with E-state index in [2.05, 4.69) is 9.47 Å². The van der Waals surface area contributed by atoms with Gasteiger partial charge < -0.3 is 9.47 Å². The Labute approximate surface area is 110 Å². The van der Waals surface area contributed by atoms with Gasteiger partial charge in [-0.25, -0.2) is 14.0 Å². The van der Waals surface area contributed by atoms with Gasteiger partial charge in [0.05, 0.1) is 20.1 Å². The zero-order valence-corrected chi connectivity index (χ0v) is 11.3. The Hall–Kier alpha value is -1.73. The first-order valence-electron chi connectivity index (χ1n) is 5.67. The number of hydrogen-bond acceptors (Lipinski definition) is 6. The van der Waals surface area contributed by atoms with Gasteiger partial charge in [-0.15, -0.1) is 0 Å². The molecule has 0 bridgehead atoms. The fraction of sp³-hybridized carbons (Fsp3) is 0.818. The molecular weight excluding hydrogens is 261 g/mol. The molecule has 19 heavy (non-hydrogen) atoms. The molecule has 0 aromatic rings. The van der Waals surface area contributed by atoms with Gasteiger partial charge in [0.1, 0.15) is 0 Å². The van der Waals surface area contributed by atoms with E-state index in [0.717, 1.165) is 14.2 Å². The van der Waals surface area contributed by atoms with Crippen LogP contribution in [-0.4, -0.2) is 43.3 Å². The molecule has 0 aliphatic rings. The van der Waals surface area contributed by atoms with Crippen molar-refractivity contribution in [1.29, 1.82) is 0 Å². The first-order chi connectivity index (χ1) is 8.69. The monoisotopic (exact) mass is 279 g/mol. The first-order valence-corrected chi connectivity index (χ1v) is 5.67. The number of nitrogens with zero attached hydrogens (tertiary/aromatic N) is 1. The maximum absolute atomic E-state index is 14.7. The molecule has 0 N–H and O–H groups in total. The molecule has 0 saturated heterocycles. The molecule has 8 heteroatoms. The van der Waals surface area contributed by atoms with Gasteiger partial charge in [-0.1, -0.05) is 13.8 Å². The van der Waals surface area contributed by atoms with Crippen molar-refractivity contribution in [3.63, 3.8) is 0 Å². The van der Waals surface area contributed by atoms with Crippen LogP contribution in [0.25, 0.3) is 0 Å². The van der Waals surface area contributed by atoms with Crippen molar-refractivity contribution < 1.29 is 28.4 Å². The van der Waals surface area contributed by atoms with Crippen molar-refractivity contribution in [1.82, 2.24) is 0 Å². The van der Waals surface area contributed by atoms with Gasteiger partial charge in [-0.3, -0.25) is 10.1 Å². The molecular formula is C11H18FNO6. The van der Waals surface area contributed by atoms with Crippen molar-refractivity contribution in [2.45, 2.75) is 25.9 Å². The number of carbonyl (C=O) groups excluding carboxylic acids is 2. The third-order valence-electron chi connectivity index (χ3n) is 2.65. The molecule has 7 nitrogen and oxygen atoms in total. The predicted molar refractivity (Wildman–Crippen MR) is 62.7 cm³/mol. The van der Waals surface area contributed by atoms with Crippen molar-refractivity contribution in [3.8, 4) is 0 Å². The highest BCUT2D eigenvalue weighted by Crippen LogP contribution is 2.31. The Bertz CT molecular complexity index is 341. The van der Waals surface area contributed by atoms with Crippen LogP contribution in [0.4, 0.5) is 4.39 Å². The van der Waals surface area contributed by atoms with E-state index in [1.54, 1.807) is 13.8 Å². The normalized spacial score (nSPS) is 12.9. The molecule has 0 radical (unpaired) electrons. The molecule has 0 aliphatic heterocycles. The van der Waals surface area contributed by atoms with Gasteiger partial charge >= 0.3 is 17.6 Å². The van der Waals surface area contributed by atoms with Crippen LogP contribution < -0.4 is 0 Å². The minimum atomic E-state index is -3.17. The van der Waals surface area contributed by atoms with Crippen LogP contribution in [-0.2, 0) is 19.1 Å². The third kappa shape index (κ3) is 4.15. The zero-order chi connectivity index (χ0) is 15.2. The van der Waals surface area contributed by atoms with Crippen molar-refractivity contribution >= 4 is 11.9 Å². The Morgan fingerprint density at radius 1 is 1.26 bits per heavy atom. The average Bonchev–Trinajstić information content (AvgIpc) is 2.33. The molecule has 0 aliphatic carbocycles. The van der Waals surface area contributed by atoms with E-state index >= 15 is 0 Å². The second-order valence-corrected chi connectivity index (χ2v) is 4.54. The summed E-state index contributed by atoms with van der Waals surface area (Å²) in [6, 6.07) is 0. The van der Waals surface area contributed by atoms with Gasteiger partial charge in [0.25, 0.3) is 0 Å². The maximum Gasteiger partial charge on any atom is 0.356 e. The minimum absolute atomic E-state index is 0.0261. The van der Waals surface area contributed by atoms with Crippen LogP contribution in [0.1, 0.15) is 20.3 Å². The fourth-order valence-corrected chi connectivity index (χ4v) is 1.83. The smallest absolute Gasteiger partial charge is 0.356 e. The van der Waals surface area contributed by atoms with Gasteiger partial charge in [0.15, 0.2) is 0 Å². The van der Waals surface area contributed by atoms with Crippen LogP contribution in [0.3, 0.4) is 0 Å². The lowest BCUT2D eigenvalue weighted by atomic mass is 9.82. The number of alkyl halides is 1. The third-order valence-corrected chi connectivity index (χ3v) is 2.65. The van der Waals surface area contributed by atoms with Crippen LogP contribution >= 0.6 is 0 Å². The highest BCUT2D eigenvalue weighted by atomic mass is 19.1. The second kappa shape index (κ2) is 7.01. The number of nitro groups is 1. The van der Waals surface area contributed by atoms with Gasteiger partial charge in [0.2, 0.25) is 6.54 Å². The average molecular weight is 279 g/mol. The van der Waals surface area contributed by atoms with E-state index < -0.39 is 35.0 Å². The van der Waals surface area contributed by atoms with Gasteiger partial charge in [0, 0.05) is 4.92 Å². The highest BCUT2D eigenvalue weighted by Gasteiger charge is 2.57. The molecule has 0 spiro atoms. The molecule has 0 rings (SSSR count). The summed E-state index contributed by atoms with van der Waals surface area (Å²) in [7, 11) is 1.80. The summed E-state index contributed by atoms with van der Waals surface area (Å²) in [4.78, 5) is 32.9. The van der Waals surface area contributed by atoms with Crippen LogP contribution in [0.2, 0.25) is 0 Å². The van der Waals surface area contributed by atoms with E-state index in [4.69, 9.17) is 0 Å². The highest BCUT2D eigenvalue weighted by molar-refractivity contribution is 6.03. The Morgan fingerprint density at radius 3 is 1.95 bits per heavy atom. The number of rotatable bonds is 7. The molecule has 0 unspecified atom stereocenters. The number of ether oxygens (including phenoxy) is 2. The lowest BCUT2D eigenvalue weighted by molar-refractivity contribution is -0.491. The van der Waals surface area contributed by atoms with Crippen LogP contribution in [0.5, 0.6) is 0 Å². The lowest BCUT2D eigenvalue weighted by Gasteiger charge is -2.27. The number of carbonyl (C=O) groups is 2. The van der Waals surface area contributed by atoms with E-state index in [0.29, 0.717) is 0 Å². The maximum atomic E-state index is 14.7. The van der Waals surface area contributed by atoms with Crippen molar-refractivity contribution in [2.24, 2.45) is 11.8 Å². The quantitative estimate of drug-likeness (QED) is 0.298. The van der Waals surface area contributed by atoms with Crippen LogP contribution in [0.15, 0.2) is 0 Å². The summed E-state index contributed by atoms with van der Waals surface area (Å²) in [6.45, 7) is 2.53. The van der Waals surface area contributed by atoms with E-state index in [9.17, 15) is 24.1 Å². The number of hydrogen-bond donors (Lipinski definition) is 0. The van der Waals surface area contributed by atoms with Gasteiger partial charge in [-0.05, 0) is 12.3 Å². The van der Waals surface area contributed by atoms with E-state index in [1.165, 1.54) is 0 Å². The Kier molecular flexibility index (Phi) is 6.37. The van der Waals surface area contributed by atoms with Crippen LogP contribution in [0, 0.1) is 22.0 Å². The molecule has 0 heterocycles. The Balaban J connectivity index is 5.52. The molecule has 110 valence electrons. The van der Waals surface area contributed by atoms with E-state index in [-0.39, 0.29) is 12.3 Å². The predicted octanol–water partition coefficient (Wildman–Crippen LogP) is 0.980. The lowest BCUT2D eigenvalue weighted by Crippen LogP contribution is -2.52. The molecule has 0 aromatic carbocycles. The summed E-state index contributed by atoms with van der Waals surface area (Å²) in [5.41, 5.74) is -3.17. The fourth-order valence-electron chi connectivity index (χ4n) is 1.83. The van der Waals surface area contributed by atoms with Gasteiger partial charge in [-0.2, -0.15) is 0 Å². The molecule has 1 atom stereocenters. The summed E-state index contributed by atoms with van der Waals surface area (Å²) in [6.07, 6.45) is -0.0261. The van der Waals surface area contributed by atoms with Crippen molar-refractivity contribution in [2.75, 3.05) is 20.8 Å². The molecule has 0 saturated carbocycles. The number of halogens is 1. The largest absolute Gasteiger partial charge is 0.466 e. The summed E-state index contributed by atoms with van der Waals surface area (Å²) < 4.78 is 23.2. The first kappa shape index (κ1) is 17.3. The molecule has 0 fully saturated rings. The minimum Gasteiger partial charge on any atom is -0.466 e. The van der Waals surface area contributed by atoms with Crippen molar-refractivity contribution in [3.05, 3.63) is 10.1 Å². The zero-order valence-electron chi connectivity index (χ0n) is 11.3. The summed E-state index contributed by atoms with van der Waals surface area (Å²) >= 11 is 0. The topological polar surface area (TPSA) is 95.7 Å². The Morgan fingerprint density at radius 2 is 1.68 bits per heavy atom. The van der Waals surface area contributed by atoms with E-state index in [1.807, 2.05) is 0 Å².